The Kier molecular flexibility index (Phi) is 6.59. The highest BCUT2D eigenvalue weighted by Crippen LogP contribution is 2.30. The topological polar surface area (TPSA) is 88.4 Å². The zero-order chi connectivity index (χ0) is 24.4. The van der Waals surface area contributed by atoms with Crippen molar-refractivity contribution in [2.24, 2.45) is 0 Å². The van der Waals surface area contributed by atoms with Gasteiger partial charge < -0.3 is 9.73 Å². The number of hydrogen-bond donors (Lipinski definition) is 2. The molecule has 5 rings (SSSR count). The van der Waals surface area contributed by atoms with Crippen LogP contribution in [-0.2, 0) is 21.2 Å². The summed E-state index contributed by atoms with van der Waals surface area (Å²) >= 11 is 2.11. The molecule has 176 valence electrons. The van der Waals surface area contributed by atoms with Crippen LogP contribution in [0.5, 0.6) is 0 Å². The van der Waals surface area contributed by atoms with Crippen molar-refractivity contribution in [3.8, 4) is 0 Å². The molecule has 1 amide bonds. The predicted octanol–water partition coefficient (Wildman–Crippen LogP) is 5.72. The number of carbonyl (C=O) groups is 1. The number of nitrogens with one attached hydrogen (secondary N) is 2. The SMILES string of the molecule is O=C(Nc1ccc2c(c1)oc1ccccc12)[C@H](Cc1ccccc1)NS(=O)(=O)c1ccc(I)cc1. The number of carbonyl (C=O) groups excluding carboxylic acids is 1. The maximum absolute atomic E-state index is 13.3. The maximum atomic E-state index is 13.3. The third kappa shape index (κ3) is 5.24. The molecule has 0 aliphatic heterocycles. The smallest absolute Gasteiger partial charge is 0.242 e. The van der Waals surface area contributed by atoms with E-state index in [9.17, 15) is 13.2 Å². The number of fused-ring (bicyclic) bond motifs is 3. The van der Waals surface area contributed by atoms with Crippen LogP contribution in [0.15, 0.2) is 106 Å². The maximum Gasteiger partial charge on any atom is 0.242 e. The molecule has 0 bridgehead atoms. The fraction of sp³-hybridized carbons (Fsp3) is 0.0741. The van der Waals surface area contributed by atoms with Crippen molar-refractivity contribution in [1.29, 1.82) is 0 Å². The van der Waals surface area contributed by atoms with E-state index in [4.69, 9.17) is 4.42 Å². The van der Waals surface area contributed by atoms with Gasteiger partial charge in [0.25, 0.3) is 0 Å². The number of para-hydroxylation sites is 1. The van der Waals surface area contributed by atoms with Crippen LogP contribution in [0, 0.1) is 3.57 Å². The van der Waals surface area contributed by atoms with Gasteiger partial charge in [-0.2, -0.15) is 4.72 Å². The minimum atomic E-state index is -3.92. The van der Waals surface area contributed by atoms with Gasteiger partial charge in [-0.05, 0) is 77.0 Å². The quantitative estimate of drug-likeness (QED) is 0.236. The molecule has 0 saturated carbocycles. The molecule has 0 aliphatic rings. The molecule has 1 atom stereocenters. The average molecular weight is 596 g/mol. The number of amides is 1. The average Bonchev–Trinajstić information content (AvgIpc) is 3.22. The van der Waals surface area contributed by atoms with Crippen LogP contribution in [0.2, 0.25) is 0 Å². The first-order valence-corrected chi connectivity index (χ1v) is 13.5. The second-order valence-corrected chi connectivity index (χ2v) is 11.1. The van der Waals surface area contributed by atoms with Gasteiger partial charge in [0.05, 0.1) is 4.90 Å². The fourth-order valence-corrected chi connectivity index (χ4v) is 5.49. The summed E-state index contributed by atoms with van der Waals surface area (Å²) in [5, 5.41) is 4.79. The summed E-state index contributed by atoms with van der Waals surface area (Å²) in [5.74, 6) is -0.460. The normalized spacial score (nSPS) is 12.6. The molecule has 1 aromatic heterocycles. The van der Waals surface area contributed by atoms with Crippen LogP contribution in [0.3, 0.4) is 0 Å². The van der Waals surface area contributed by atoms with Crippen LogP contribution >= 0.6 is 22.6 Å². The highest BCUT2D eigenvalue weighted by atomic mass is 127. The van der Waals surface area contributed by atoms with Gasteiger partial charge in [0.1, 0.15) is 17.2 Å². The third-order valence-corrected chi connectivity index (χ3v) is 7.87. The third-order valence-electron chi connectivity index (χ3n) is 5.67. The lowest BCUT2D eigenvalue weighted by atomic mass is 10.1. The number of hydrogen-bond acceptors (Lipinski definition) is 4. The van der Waals surface area contributed by atoms with E-state index in [2.05, 4.69) is 32.6 Å². The molecule has 2 N–H and O–H groups in total. The fourth-order valence-electron chi connectivity index (χ4n) is 3.94. The molecule has 8 heteroatoms. The summed E-state index contributed by atoms with van der Waals surface area (Å²) in [6.45, 7) is 0. The van der Waals surface area contributed by atoms with E-state index in [0.29, 0.717) is 11.3 Å². The molecule has 35 heavy (non-hydrogen) atoms. The first-order chi connectivity index (χ1) is 16.9. The van der Waals surface area contributed by atoms with Crippen molar-refractivity contribution < 1.29 is 17.6 Å². The van der Waals surface area contributed by atoms with E-state index in [1.165, 1.54) is 12.1 Å². The van der Waals surface area contributed by atoms with E-state index in [1.807, 2.05) is 60.7 Å². The summed E-state index contributed by atoms with van der Waals surface area (Å²) in [6, 6.07) is 27.9. The predicted molar refractivity (Wildman–Crippen MR) is 146 cm³/mol. The molecule has 0 aliphatic carbocycles. The summed E-state index contributed by atoms with van der Waals surface area (Å²) in [5.41, 5.74) is 2.76. The zero-order valence-electron chi connectivity index (χ0n) is 18.4. The number of halogens is 1. The summed E-state index contributed by atoms with van der Waals surface area (Å²) < 4.78 is 35.6. The lowest BCUT2D eigenvalue weighted by Gasteiger charge is -2.19. The van der Waals surface area contributed by atoms with E-state index < -0.39 is 22.0 Å². The van der Waals surface area contributed by atoms with Gasteiger partial charge in [-0.3, -0.25) is 4.79 Å². The number of sulfonamides is 1. The molecule has 1 heterocycles. The second kappa shape index (κ2) is 9.80. The molecular formula is C27H21IN2O4S. The number of furan rings is 1. The molecule has 0 radical (unpaired) electrons. The summed E-state index contributed by atoms with van der Waals surface area (Å²) in [6.07, 6.45) is 0.198. The lowest BCUT2D eigenvalue weighted by molar-refractivity contribution is -0.117. The van der Waals surface area contributed by atoms with Crippen molar-refractivity contribution >= 4 is 66.1 Å². The zero-order valence-corrected chi connectivity index (χ0v) is 21.4. The lowest BCUT2D eigenvalue weighted by Crippen LogP contribution is -2.45. The van der Waals surface area contributed by atoms with Crippen LogP contribution < -0.4 is 10.0 Å². The van der Waals surface area contributed by atoms with Crippen molar-refractivity contribution in [3.05, 3.63) is 106 Å². The largest absolute Gasteiger partial charge is 0.456 e. The van der Waals surface area contributed by atoms with Gasteiger partial charge >= 0.3 is 0 Å². The van der Waals surface area contributed by atoms with Crippen LogP contribution in [0.4, 0.5) is 5.69 Å². The van der Waals surface area contributed by atoms with E-state index in [1.54, 1.807) is 24.3 Å². The first kappa shape index (κ1) is 23.5. The molecule has 0 fully saturated rings. The molecule has 0 unspecified atom stereocenters. The second-order valence-electron chi connectivity index (χ2n) is 8.12. The highest BCUT2D eigenvalue weighted by Gasteiger charge is 2.26. The Morgan fingerprint density at radius 3 is 2.29 bits per heavy atom. The standard InChI is InChI=1S/C27H21IN2O4S/c28-19-10-13-21(14-11-19)35(32,33)30-24(16-18-6-2-1-3-7-18)27(31)29-20-12-15-23-22-8-4-5-9-25(22)34-26(23)17-20/h1-15,17,24,30H,16H2,(H,29,31)/t24-/m0/s1. The van der Waals surface area contributed by atoms with Gasteiger partial charge in [0, 0.05) is 26.1 Å². The minimum absolute atomic E-state index is 0.104. The van der Waals surface area contributed by atoms with E-state index in [-0.39, 0.29) is 11.3 Å². The Hall–Kier alpha value is -3.21. The number of benzene rings is 4. The number of rotatable bonds is 7. The van der Waals surface area contributed by atoms with Crippen molar-refractivity contribution in [2.45, 2.75) is 17.4 Å². The molecule has 5 aromatic rings. The summed E-state index contributed by atoms with van der Waals surface area (Å²) in [7, 11) is -3.92. The monoisotopic (exact) mass is 596 g/mol. The Balaban J connectivity index is 1.43. The molecule has 0 saturated heterocycles. The Bertz CT molecular complexity index is 1610. The Labute approximate surface area is 216 Å². The van der Waals surface area contributed by atoms with Gasteiger partial charge in [-0.1, -0.05) is 48.5 Å². The van der Waals surface area contributed by atoms with Gasteiger partial charge in [0.15, 0.2) is 0 Å². The van der Waals surface area contributed by atoms with Crippen LogP contribution in [0.25, 0.3) is 21.9 Å². The van der Waals surface area contributed by atoms with Crippen LogP contribution in [-0.4, -0.2) is 20.4 Å². The molecular weight excluding hydrogens is 575 g/mol. The first-order valence-electron chi connectivity index (χ1n) is 10.9. The van der Waals surface area contributed by atoms with Crippen LogP contribution in [0.1, 0.15) is 5.56 Å². The molecule has 4 aromatic carbocycles. The van der Waals surface area contributed by atoms with Crippen molar-refractivity contribution in [3.63, 3.8) is 0 Å². The van der Waals surface area contributed by atoms with Crippen molar-refractivity contribution in [2.75, 3.05) is 5.32 Å². The highest BCUT2D eigenvalue weighted by molar-refractivity contribution is 14.1. The van der Waals surface area contributed by atoms with E-state index in [0.717, 1.165) is 25.5 Å². The van der Waals surface area contributed by atoms with E-state index >= 15 is 0 Å². The number of anilines is 1. The van der Waals surface area contributed by atoms with Gasteiger partial charge in [0.2, 0.25) is 15.9 Å². The molecule has 6 nitrogen and oxygen atoms in total. The van der Waals surface area contributed by atoms with Gasteiger partial charge in [-0.25, -0.2) is 8.42 Å². The van der Waals surface area contributed by atoms with Crippen molar-refractivity contribution in [1.82, 2.24) is 4.72 Å². The minimum Gasteiger partial charge on any atom is -0.456 e. The molecule has 0 spiro atoms. The van der Waals surface area contributed by atoms with Gasteiger partial charge in [-0.15, -0.1) is 0 Å². The summed E-state index contributed by atoms with van der Waals surface area (Å²) in [4.78, 5) is 13.4. The Morgan fingerprint density at radius 1 is 0.829 bits per heavy atom. The Morgan fingerprint density at radius 2 is 1.51 bits per heavy atom.